The number of aromatic nitrogens is 2. The number of hydrogen-bond donors (Lipinski definition) is 2. The van der Waals surface area contributed by atoms with Gasteiger partial charge < -0.3 is 14.5 Å². The molecule has 0 bridgehead atoms. The number of likely N-dealkylation sites (N-methyl/N-ethyl adjacent to an activating group) is 2. The van der Waals surface area contributed by atoms with Crippen molar-refractivity contribution in [1.82, 2.24) is 35.5 Å². The summed E-state index contributed by atoms with van der Waals surface area (Å²) in [7, 11) is 5.46. The predicted molar refractivity (Wildman–Crippen MR) is 148 cm³/mol. The van der Waals surface area contributed by atoms with Crippen LogP contribution in [0.3, 0.4) is 0 Å². The van der Waals surface area contributed by atoms with Gasteiger partial charge in [0.15, 0.2) is 0 Å². The molecule has 11 nitrogen and oxygen atoms in total. The van der Waals surface area contributed by atoms with Crippen molar-refractivity contribution in [3.63, 3.8) is 0 Å². The Morgan fingerprint density at radius 2 is 1.77 bits per heavy atom. The number of carbonyl (C=O) groups is 3. The molecule has 2 aliphatic rings. The second-order valence-corrected chi connectivity index (χ2v) is 11.0. The van der Waals surface area contributed by atoms with Gasteiger partial charge in [0.2, 0.25) is 0 Å². The highest BCUT2D eigenvalue weighted by atomic mass is 32.1. The number of methoxy groups -OCH3 is 1. The molecule has 3 amide bonds. The molecular formula is C27H33N7O4S. The van der Waals surface area contributed by atoms with E-state index in [4.69, 9.17) is 4.74 Å². The number of nitrogens with one attached hydrogen (secondary N) is 2. The zero-order valence-corrected chi connectivity index (χ0v) is 23.2. The lowest BCUT2D eigenvalue weighted by Crippen LogP contribution is -2.59. The number of piperidine rings is 1. The minimum Gasteiger partial charge on any atom is -0.496 e. The Balaban J connectivity index is 1.15. The van der Waals surface area contributed by atoms with Gasteiger partial charge in [-0.1, -0.05) is 12.1 Å². The second kappa shape index (κ2) is 11.6. The van der Waals surface area contributed by atoms with Crippen LogP contribution >= 0.6 is 11.3 Å². The Kier molecular flexibility index (Phi) is 8.05. The molecule has 206 valence electrons. The van der Waals surface area contributed by atoms with Crippen molar-refractivity contribution in [3.05, 3.63) is 52.1 Å². The van der Waals surface area contributed by atoms with Gasteiger partial charge in [-0.25, -0.2) is 9.97 Å². The Morgan fingerprint density at radius 1 is 1.00 bits per heavy atom. The van der Waals surface area contributed by atoms with Gasteiger partial charge in [-0.15, -0.1) is 11.3 Å². The summed E-state index contributed by atoms with van der Waals surface area (Å²) in [6, 6.07) is 8.97. The summed E-state index contributed by atoms with van der Waals surface area (Å²) >= 11 is 1.43. The summed E-state index contributed by atoms with van der Waals surface area (Å²) in [5, 5.41) is 3.44. The van der Waals surface area contributed by atoms with Crippen LogP contribution in [0.1, 0.15) is 44.7 Å². The summed E-state index contributed by atoms with van der Waals surface area (Å²) in [4.78, 5) is 53.4. The minimum atomic E-state index is -0.443. The smallest absolute Gasteiger partial charge is 0.289 e. The van der Waals surface area contributed by atoms with Crippen molar-refractivity contribution < 1.29 is 19.1 Å². The highest BCUT2D eigenvalue weighted by Gasteiger charge is 2.30. The minimum absolute atomic E-state index is 0.123. The number of benzene rings is 1. The first-order chi connectivity index (χ1) is 18.8. The quantitative estimate of drug-likeness (QED) is 0.460. The van der Waals surface area contributed by atoms with Gasteiger partial charge in [0.1, 0.15) is 23.2 Å². The molecule has 2 N–H and O–H groups in total. The van der Waals surface area contributed by atoms with Gasteiger partial charge in [0.05, 0.1) is 17.6 Å². The molecule has 1 atom stereocenters. The summed E-state index contributed by atoms with van der Waals surface area (Å²) in [5.74, 6) is -0.0327. The maximum absolute atomic E-state index is 13.2. The van der Waals surface area contributed by atoms with Crippen LogP contribution in [-0.4, -0.2) is 102 Å². The Morgan fingerprint density at radius 3 is 2.54 bits per heavy atom. The van der Waals surface area contributed by atoms with Crippen LogP contribution in [0.25, 0.3) is 10.9 Å². The van der Waals surface area contributed by atoms with E-state index >= 15 is 0 Å². The van der Waals surface area contributed by atoms with Crippen molar-refractivity contribution in [2.45, 2.75) is 24.8 Å². The van der Waals surface area contributed by atoms with E-state index in [1.807, 2.05) is 48.2 Å². The van der Waals surface area contributed by atoms with E-state index in [0.717, 1.165) is 41.8 Å². The molecule has 0 saturated carbocycles. The first kappa shape index (κ1) is 27.0. The normalized spacial score (nSPS) is 19.2. The highest BCUT2D eigenvalue weighted by Crippen LogP contribution is 2.32. The second-order valence-electron chi connectivity index (χ2n) is 10.1. The highest BCUT2D eigenvalue weighted by molar-refractivity contribution is 7.09. The summed E-state index contributed by atoms with van der Waals surface area (Å²) < 4.78 is 5.49. The third-order valence-corrected chi connectivity index (χ3v) is 8.46. The molecule has 2 fully saturated rings. The third kappa shape index (κ3) is 5.87. The molecule has 4 heterocycles. The molecule has 2 aliphatic heterocycles. The molecule has 39 heavy (non-hydrogen) atoms. The monoisotopic (exact) mass is 551 g/mol. The largest absolute Gasteiger partial charge is 0.496 e. The van der Waals surface area contributed by atoms with E-state index in [9.17, 15) is 14.4 Å². The standard InChI is InChI=1S/C27H33N7O4S/c1-32-12-13-33(2)22(15-32)25(36)31-30-24(35)21-16-39-26(29-21)17-8-10-34(11-9-17)27(37)20-14-23(38-3)18-6-4-5-7-19(18)28-20/h4-7,14,16-17,22H,8-13,15H2,1-3H3,(H,30,35)(H,31,36). The Labute approximate surface area is 231 Å². The van der Waals surface area contributed by atoms with Crippen molar-refractivity contribution >= 4 is 40.0 Å². The molecule has 2 saturated heterocycles. The summed E-state index contributed by atoms with van der Waals surface area (Å²) in [6.07, 6.45) is 1.48. The number of hydrogen-bond acceptors (Lipinski definition) is 9. The van der Waals surface area contributed by atoms with Crippen molar-refractivity contribution in [3.8, 4) is 5.75 Å². The number of thiazole rings is 1. The Hall–Kier alpha value is -3.61. The lowest BCUT2D eigenvalue weighted by atomic mass is 9.97. The number of para-hydroxylation sites is 1. The van der Waals surface area contributed by atoms with Gasteiger partial charge in [-0.05, 0) is 39.1 Å². The first-order valence-corrected chi connectivity index (χ1v) is 13.9. The van der Waals surface area contributed by atoms with Gasteiger partial charge in [0.25, 0.3) is 17.7 Å². The number of hydrazine groups is 1. The molecule has 0 aliphatic carbocycles. The lowest BCUT2D eigenvalue weighted by molar-refractivity contribution is -0.128. The number of carbonyl (C=O) groups excluding carboxylic acids is 3. The fourth-order valence-corrected chi connectivity index (χ4v) is 6.02. The average Bonchev–Trinajstić information content (AvgIpc) is 3.46. The molecular weight excluding hydrogens is 518 g/mol. The van der Waals surface area contributed by atoms with E-state index in [1.165, 1.54) is 11.3 Å². The SMILES string of the molecule is COc1cc(C(=O)N2CCC(c3nc(C(=O)NNC(=O)C4CN(C)CCN4C)cs3)CC2)nc2ccccc12. The zero-order chi connectivity index (χ0) is 27.5. The topological polar surface area (TPSA) is 120 Å². The molecule has 1 unspecified atom stereocenters. The van der Waals surface area contributed by atoms with Crippen LogP contribution < -0.4 is 15.6 Å². The number of pyridine rings is 1. The van der Waals surface area contributed by atoms with E-state index in [0.29, 0.717) is 31.1 Å². The predicted octanol–water partition coefficient (Wildman–Crippen LogP) is 1.73. The fourth-order valence-electron chi connectivity index (χ4n) is 5.05. The molecule has 0 radical (unpaired) electrons. The Bertz CT molecular complexity index is 1370. The molecule has 12 heteroatoms. The molecule has 0 spiro atoms. The van der Waals surface area contributed by atoms with Gasteiger partial charge in [-0.2, -0.15) is 0 Å². The average molecular weight is 552 g/mol. The van der Waals surface area contributed by atoms with Crippen molar-refractivity contribution in [2.24, 2.45) is 0 Å². The van der Waals surface area contributed by atoms with Gasteiger partial charge >= 0.3 is 0 Å². The van der Waals surface area contributed by atoms with E-state index in [2.05, 4.69) is 25.7 Å². The van der Waals surface area contributed by atoms with Crippen LogP contribution in [-0.2, 0) is 4.79 Å². The molecule has 3 aromatic rings. The van der Waals surface area contributed by atoms with E-state index < -0.39 is 5.91 Å². The first-order valence-electron chi connectivity index (χ1n) is 13.0. The number of amides is 3. The number of rotatable bonds is 5. The molecule has 5 rings (SSSR count). The van der Waals surface area contributed by atoms with Crippen LogP contribution in [0.5, 0.6) is 5.75 Å². The van der Waals surface area contributed by atoms with Crippen LogP contribution in [0.15, 0.2) is 35.7 Å². The van der Waals surface area contributed by atoms with Gasteiger partial charge in [-0.3, -0.25) is 30.1 Å². The van der Waals surface area contributed by atoms with Crippen LogP contribution in [0.4, 0.5) is 0 Å². The lowest BCUT2D eigenvalue weighted by Gasteiger charge is -2.36. The van der Waals surface area contributed by atoms with Crippen LogP contribution in [0, 0.1) is 0 Å². The molecule has 1 aromatic carbocycles. The van der Waals surface area contributed by atoms with Crippen LogP contribution in [0.2, 0.25) is 0 Å². The summed E-state index contributed by atoms with van der Waals surface area (Å²) in [6.45, 7) is 3.43. The maximum atomic E-state index is 13.2. The number of nitrogens with zero attached hydrogens (tertiary/aromatic N) is 5. The maximum Gasteiger partial charge on any atom is 0.289 e. The zero-order valence-electron chi connectivity index (χ0n) is 22.3. The van der Waals surface area contributed by atoms with Crippen molar-refractivity contribution in [2.75, 3.05) is 53.9 Å². The van der Waals surface area contributed by atoms with E-state index in [1.54, 1.807) is 18.6 Å². The molecule has 2 aromatic heterocycles. The number of piperazine rings is 1. The van der Waals surface area contributed by atoms with Crippen molar-refractivity contribution in [1.29, 1.82) is 0 Å². The third-order valence-electron chi connectivity index (χ3n) is 7.46. The number of fused-ring (bicyclic) bond motifs is 1. The fraction of sp³-hybridized carbons (Fsp3) is 0.444. The number of likely N-dealkylation sites (tertiary alicyclic amines) is 1. The van der Waals surface area contributed by atoms with E-state index in [-0.39, 0.29) is 29.5 Å². The summed E-state index contributed by atoms with van der Waals surface area (Å²) in [5.41, 5.74) is 6.40. The number of ether oxygens (including phenoxy) is 1. The van der Waals surface area contributed by atoms with Gasteiger partial charge in [0, 0.05) is 55.5 Å².